The Morgan fingerprint density at radius 3 is 2.59 bits per heavy atom. The molecule has 0 aliphatic rings. The summed E-state index contributed by atoms with van der Waals surface area (Å²) in [5.74, 6) is 1.52. The van der Waals surface area contributed by atoms with Gasteiger partial charge in [-0.3, -0.25) is 4.79 Å². The molecule has 0 unspecified atom stereocenters. The largest absolute Gasteiger partial charge is 0.493 e. The van der Waals surface area contributed by atoms with Crippen LogP contribution in [-0.2, 0) is 6.54 Å². The average Bonchev–Trinajstić information content (AvgIpc) is 2.63. The van der Waals surface area contributed by atoms with Gasteiger partial charge >= 0.3 is 0 Å². The molecule has 0 radical (unpaired) electrons. The second kappa shape index (κ2) is 10.8. The molecule has 5 heteroatoms. The van der Waals surface area contributed by atoms with Crippen LogP contribution in [0.5, 0.6) is 11.5 Å². The summed E-state index contributed by atoms with van der Waals surface area (Å²) in [6.07, 6.45) is 5.11. The van der Waals surface area contributed by atoms with Crippen molar-refractivity contribution in [3.63, 3.8) is 0 Å². The molecule has 0 amide bonds. The van der Waals surface area contributed by atoms with Crippen LogP contribution in [0.1, 0.15) is 37.3 Å². The topological polar surface area (TPSA) is 43.7 Å². The zero-order valence-corrected chi connectivity index (χ0v) is 17.0. The van der Waals surface area contributed by atoms with E-state index in [-0.39, 0.29) is 5.56 Å². The van der Waals surface area contributed by atoms with E-state index in [0.29, 0.717) is 25.5 Å². The third-order valence-electron chi connectivity index (χ3n) is 4.52. The molecule has 0 fully saturated rings. The lowest BCUT2D eigenvalue weighted by molar-refractivity contribution is 0.260. The van der Waals surface area contributed by atoms with Crippen LogP contribution in [0, 0.1) is 6.92 Å². The second-order valence-corrected chi connectivity index (χ2v) is 7.08. The lowest BCUT2D eigenvalue weighted by atomic mass is 10.1. The van der Waals surface area contributed by atoms with Crippen LogP contribution in [0.25, 0.3) is 0 Å². The second-order valence-electron chi connectivity index (χ2n) is 7.08. The molecule has 0 N–H and O–H groups in total. The highest BCUT2D eigenvalue weighted by Gasteiger charge is 2.08. The predicted octanol–water partition coefficient (Wildman–Crippen LogP) is 3.71. The lowest BCUT2D eigenvalue weighted by Gasteiger charge is -2.15. The molecule has 1 aromatic carbocycles. The fourth-order valence-corrected chi connectivity index (χ4v) is 2.76. The SMILES string of the molecule is CCCCCOc1ccn(Cc2cccc(OCCN(C)C)c2C)c(=O)c1. The third kappa shape index (κ3) is 6.75. The van der Waals surface area contributed by atoms with Crippen molar-refractivity contribution in [1.29, 1.82) is 0 Å². The molecule has 27 heavy (non-hydrogen) atoms. The number of pyridine rings is 1. The van der Waals surface area contributed by atoms with Crippen LogP contribution in [-0.4, -0.2) is 43.3 Å². The van der Waals surface area contributed by atoms with Gasteiger partial charge in [0.2, 0.25) is 0 Å². The van der Waals surface area contributed by atoms with E-state index in [0.717, 1.165) is 42.7 Å². The van der Waals surface area contributed by atoms with E-state index >= 15 is 0 Å². The van der Waals surface area contributed by atoms with Crippen molar-refractivity contribution in [2.75, 3.05) is 33.9 Å². The molecule has 0 atom stereocenters. The van der Waals surface area contributed by atoms with Gasteiger partial charge in [0.1, 0.15) is 18.1 Å². The van der Waals surface area contributed by atoms with Crippen molar-refractivity contribution in [2.45, 2.75) is 39.7 Å². The quantitative estimate of drug-likeness (QED) is 0.564. The summed E-state index contributed by atoms with van der Waals surface area (Å²) in [6.45, 7) is 6.88. The maximum atomic E-state index is 12.4. The van der Waals surface area contributed by atoms with Crippen LogP contribution in [0.4, 0.5) is 0 Å². The first-order valence-corrected chi connectivity index (χ1v) is 9.70. The van der Waals surface area contributed by atoms with Gasteiger partial charge in [-0.25, -0.2) is 0 Å². The van der Waals surface area contributed by atoms with Gasteiger partial charge in [0.15, 0.2) is 0 Å². The highest BCUT2D eigenvalue weighted by molar-refractivity contribution is 5.39. The lowest BCUT2D eigenvalue weighted by Crippen LogP contribution is -2.21. The first-order chi connectivity index (χ1) is 13.0. The van der Waals surface area contributed by atoms with E-state index in [1.165, 1.54) is 0 Å². The standard InChI is InChI=1S/C22H32N2O3/c1-5-6-7-14-26-20-11-12-24(22(25)16-20)17-19-9-8-10-21(18(19)2)27-15-13-23(3)4/h8-12,16H,5-7,13-15,17H2,1-4H3. The molecular formula is C22H32N2O3. The van der Waals surface area contributed by atoms with E-state index in [1.54, 1.807) is 16.8 Å². The predicted molar refractivity (Wildman–Crippen MR) is 110 cm³/mol. The maximum absolute atomic E-state index is 12.4. The number of unbranched alkanes of at least 4 members (excludes halogenated alkanes) is 2. The van der Waals surface area contributed by atoms with E-state index in [9.17, 15) is 4.79 Å². The zero-order valence-electron chi connectivity index (χ0n) is 17.0. The summed E-state index contributed by atoms with van der Waals surface area (Å²) >= 11 is 0. The first kappa shape index (κ1) is 21.0. The molecule has 2 rings (SSSR count). The molecule has 2 aromatic rings. The van der Waals surface area contributed by atoms with E-state index in [4.69, 9.17) is 9.47 Å². The van der Waals surface area contributed by atoms with Crippen molar-refractivity contribution in [3.05, 3.63) is 58.0 Å². The Hall–Kier alpha value is -2.27. The number of ether oxygens (including phenoxy) is 2. The molecule has 0 aliphatic carbocycles. The van der Waals surface area contributed by atoms with Gasteiger partial charge in [0.25, 0.3) is 5.56 Å². The Labute approximate surface area is 162 Å². The molecule has 1 heterocycles. The Morgan fingerprint density at radius 2 is 1.89 bits per heavy atom. The Balaban J connectivity index is 2.03. The summed E-state index contributed by atoms with van der Waals surface area (Å²) in [6, 6.07) is 9.42. The average molecular weight is 373 g/mol. The monoisotopic (exact) mass is 372 g/mol. The van der Waals surface area contributed by atoms with Crippen molar-refractivity contribution in [1.82, 2.24) is 9.47 Å². The fraction of sp³-hybridized carbons (Fsp3) is 0.500. The van der Waals surface area contributed by atoms with Crippen LogP contribution < -0.4 is 15.0 Å². The summed E-state index contributed by atoms with van der Waals surface area (Å²) < 4.78 is 13.3. The molecule has 5 nitrogen and oxygen atoms in total. The van der Waals surface area contributed by atoms with Gasteiger partial charge in [-0.1, -0.05) is 31.9 Å². The summed E-state index contributed by atoms with van der Waals surface area (Å²) in [4.78, 5) is 14.5. The number of benzene rings is 1. The van der Waals surface area contributed by atoms with Gasteiger partial charge < -0.3 is 18.9 Å². The molecular weight excluding hydrogens is 340 g/mol. The Kier molecular flexibility index (Phi) is 8.40. The molecule has 0 spiro atoms. The number of hydrogen-bond acceptors (Lipinski definition) is 4. The smallest absolute Gasteiger partial charge is 0.254 e. The minimum atomic E-state index is -0.0543. The minimum Gasteiger partial charge on any atom is -0.493 e. The summed E-state index contributed by atoms with van der Waals surface area (Å²) in [5.41, 5.74) is 2.10. The van der Waals surface area contributed by atoms with Crippen molar-refractivity contribution >= 4 is 0 Å². The van der Waals surface area contributed by atoms with E-state index in [1.807, 2.05) is 45.3 Å². The maximum Gasteiger partial charge on any atom is 0.254 e. The van der Waals surface area contributed by atoms with Crippen molar-refractivity contribution in [3.8, 4) is 11.5 Å². The Morgan fingerprint density at radius 1 is 1.07 bits per heavy atom. The highest BCUT2D eigenvalue weighted by atomic mass is 16.5. The first-order valence-electron chi connectivity index (χ1n) is 9.70. The number of nitrogens with zero attached hydrogens (tertiary/aromatic N) is 2. The van der Waals surface area contributed by atoms with Crippen LogP contribution in [0.15, 0.2) is 41.3 Å². The normalized spacial score (nSPS) is 11.0. The van der Waals surface area contributed by atoms with Crippen LogP contribution >= 0.6 is 0 Å². The van der Waals surface area contributed by atoms with Crippen molar-refractivity contribution < 1.29 is 9.47 Å². The molecule has 0 aliphatic heterocycles. The number of likely N-dealkylation sites (N-methyl/N-ethyl adjacent to an activating group) is 1. The van der Waals surface area contributed by atoms with Gasteiger partial charge in [-0.2, -0.15) is 0 Å². The molecule has 148 valence electrons. The molecule has 0 bridgehead atoms. The van der Waals surface area contributed by atoms with E-state index < -0.39 is 0 Å². The van der Waals surface area contributed by atoms with Crippen LogP contribution in [0.2, 0.25) is 0 Å². The minimum absolute atomic E-state index is 0.0543. The molecule has 0 saturated carbocycles. The number of aromatic nitrogens is 1. The fourth-order valence-electron chi connectivity index (χ4n) is 2.76. The van der Waals surface area contributed by atoms with Gasteiger partial charge in [0.05, 0.1) is 13.2 Å². The molecule has 0 saturated heterocycles. The van der Waals surface area contributed by atoms with Crippen molar-refractivity contribution in [2.24, 2.45) is 0 Å². The number of hydrogen-bond donors (Lipinski definition) is 0. The van der Waals surface area contributed by atoms with Gasteiger partial charge in [-0.15, -0.1) is 0 Å². The van der Waals surface area contributed by atoms with Crippen LogP contribution in [0.3, 0.4) is 0 Å². The zero-order chi connectivity index (χ0) is 19.6. The van der Waals surface area contributed by atoms with Gasteiger partial charge in [-0.05, 0) is 50.7 Å². The van der Waals surface area contributed by atoms with E-state index in [2.05, 4.69) is 11.8 Å². The molecule has 1 aromatic heterocycles. The Bertz CT molecular complexity index is 768. The highest BCUT2D eigenvalue weighted by Crippen LogP contribution is 2.22. The summed E-state index contributed by atoms with van der Waals surface area (Å²) in [7, 11) is 4.05. The summed E-state index contributed by atoms with van der Waals surface area (Å²) in [5, 5.41) is 0. The third-order valence-corrected chi connectivity index (χ3v) is 4.52. The number of rotatable bonds is 11. The van der Waals surface area contributed by atoms with Gasteiger partial charge in [0, 0.05) is 18.8 Å².